The van der Waals surface area contributed by atoms with E-state index in [1.54, 1.807) is 9.80 Å². The Morgan fingerprint density at radius 3 is 2.63 bits per heavy atom. The second kappa shape index (κ2) is 9.14. The first-order valence-electron chi connectivity index (χ1n) is 10.6. The van der Waals surface area contributed by atoms with Crippen molar-refractivity contribution in [2.45, 2.75) is 57.2 Å². The molecular weight excluding hydrogens is 386 g/mol. The highest BCUT2D eigenvalue weighted by Gasteiger charge is 2.53. The van der Waals surface area contributed by atoms with Crippen molar-refractivity contribution in [1.82, 2.24) is 9.80 Å². The predicted molar refractivity (Wildman–Crippen MR) is 110 cm³/mol. The number of hydrogen-bond donors (Lipinski definition) is 3. The van der Waals surface area contributed by atoms with E-state index in [4.69, 9.17) is 10.8 Å². The number of carbonyl (C=O) groups is 3. The Morgan fingerprint density at radius 2 is 2.00 bits per heavy atom. The number of aliphatic carboxylic acids is 1. The van der Waals surface area contributed by atoms with E-state index in [1.165, 1.54) is 0 Å². The maximum atomic E-state index is 13.6. The number of carbonyl (C=O) groups excluding carboxylic acids is 2. The van der Waals surface area contributed by atoms with Gasteiger partial charge in [0.2, 0.25) is 11.8 Å². The quantitative estimate of drug-likeness (QED) is 0.638. The van der Waals surface area contributed by atoms with Gasteiger partial charge in [0.15, 0.2) is 0 Å². The van der Waals surface area contributed by atoms with Gasteiger partial charge in [-0.25, -0.2) is 0 Å². The summed E-state index contributed by atoms with van der Waals surface area (Å²) in [5, 5.41) is 20.0. The SMILES string of the molecule is CCN1C(=O)[C@]2(CCCN(C(=O)CC[C@@H](N)C(=O)O)C2)C[C@@H](O)[C@@H]1c1ccccc1. The van der Waals surface area contributed by atoms with Crippen LogP contribution >= 0.6 is 0 Å². The van der Waals surface area contributed by atoms with E-state index in [1.807, 2.05) is 37.3 Å². The summed E-state index contributed by atoms with van der Waals surface area (Å²) in [5.74, 6) is -1.35. The van der Waals surface area contributed by atoms with Gasteiger partial charge in [0.05, 0.1) is 17.6 Å². The molecule has 4 atom stereocenters. The van der Waals surface area contributed by atoms with Crippen molar-refractivity contribution in [3.63, 3.8) is 0 Å². The van der Waals surface area contributed by atoms with Crippen LogP contribution < -0.4 is 5.73 Å². The fraction of sp³-hybridized carbons (Fsp3) is 0.591. The van der Waals surface area contributed by atoms with Gasteiger partial charge in [-0.1, -0.05) is 30.3 Å². The summed E-state index contributed by atoms with van der Waals surface area (Å²) in [5.41, 5.74) is 5.62. The van der Waals surface area contributed by atoms with Gasteiger partial charge in [0.25, 0.3) is 0 Å². The Morgan fingerprint density at radius 1 is 1.30 bits per heavy atom. The molecule has 2 aliphatic heterocycles. The van der Waals surface area contributed by atoms with Crippen LogP contribution in [0, 0.1) is 5.41 Å². The second-order valence-corrected chi connectivity index (χ2v) is 8.40. The molecule has 2 amide bonds. The van der Waals surface area contributed by atoms with Crippen LogP contribution in [0.25, 0.3) is 0 Å². The van der Waals surface area contributed by atoms with Gasteiger partial charge in [-0.15, -0.1) is 0 Å². The lowest BCUT2D eigenvalue weighted by molar-refractivity contribution is -0.166. The van der Waals surface area contributed by atoms with Crippen LogP contribution in [0.3, 0.4) is 0 Å². The molecule has 0 bridgehead atoms. The zero-order chi connectivity index (χ0) is 21.9. The highest BCUT2D eigenvalue weighted by Crippen LogP contribution is 2.45. The Balaban J connectivity index is 1.76. The standard InChI is InChI=1S/C22H31N3O5/c1-2-25-19(15-7-4-3-5-8-15)17(26)13-22(21(25)30)11-6-12-24(14-22)18(27)10-9-16(23)20(28)29/h3-5,7-8,16-17,19,26H,2,6,9-14,23H2,1H3,(H,28,29)/t16-,17-,19+,22-/m1/s1. The molecule has 2 fully saturated rings. The van der Waals surface area contributed by atoms with Crippen LogP contribution in [-0.4, -0.2) is 69.6 Å². The van der Waals surface area contributed by atoms with Gasteiger partial charge in [0, 0.05) is 26.1 Å². The summed E-state index contributed by atoms with van der Waals surface area (Å²) in [6.45, 7) is 3.15. The molecule has 2 saturated heterocycles. The van der Waals surface area contributed by atoms with Crippen molar-refractivity contribution in [1.29, 1.82) is 0 Å². The first kappa shape index (κ1) is 22.2. The predicted octanol–water partition coefficient (Wildman–Crippen LogP) is 1.14. The molecule has 8 nitrogen and oxygen atoms in total. The van der Waals surface area contributed by atoms with Crippen molar-refractivity contribution < 1.29 is 24.6 Å². The number of nitrogens with zero attached hydrogens (tertiary/aromatic N) is 2. The van der Waals surface area contributed by atoms with Gasteiger partial charge < -0.3 is 25.7 Å². The number of carboxylic acids is 1. The second-order valence-electron chi connectivity index (χ2n) is 8.40. The normalized spacial score (nSPS) is 27.9. The van der Waals surface area contributed by atoms with E-state index in [-0.39, 0.29) is 31.2 Å². The van der Waals surface area contributed by atoms with Crippen LogP contribution in [0.1, 0.15) is 50.6 Å². The van der Waals surface area contributed by atoms with E-state index in [2.05, 4.69) is 0 Å². The number of nitrogens with two attached hydrogens (primary N) is 1. The van der Waals surface area contributed by atoms with Crippen molar-refractivity contribution in [3.8, 4) is 0 Å². The molecular formula is C22H31N3O5. The van der Waals surface area contributed by atoms with Gasteiger partial charge >= 0.3 is 5.97 Å². The molecule has 0 radical (unpaired) electrons. The molecule has 2 heterocycles. The molecule has 3 rings (SSSR count). The summed E-state index contributed by atoms with van der Waals surface area (Å²) in [6.07, 6.45) is 0.971. The van der Waals surface area contributed by atoms with Crippen molar-refractivity contribution in [2.24, 2.45) is 11.1 Å². The van der Waals surface area contributed by atoms with Crippen LogP contribution in [0.2, 0.25) is 0 Å². The van der Waals surface area contributed by atoms with E-state index < -0.39 is 29.6 Å². The fourth-order valence-electron chi connectivity index (χ4n) is 4.88. The number of benzene rings is 1. The Labute approximate surface area is 176 Å². The maximum Gasteiger partial charge on any atom is 0.320 e. The Hall–Kier alpha value is -2.45. The Bertz CT molecular complexity index is 786. The summed E-state index contributed by atoms with van der Waals surface area (Å²) < 4.78 is 0. The zero-order valence-electron chi connectivity index (χ0n) is 17.4. The Kier molecular flexibility index (Phi) is 6.77. The minimum absolute atomic E-state index is 0.0242. The van der Waals surface area contributed by atoms with Gasteiger partial charge in [-0.05, 0) is 38.2 Å². The maximum absolute atomic E-state index is 13.6. The van der Waals surface area contributed by atoms with Crippen molar-refractivity contribution >= 4 is 17.8 Å². The van der Waals surface area contributed by atoms with E-state index in [0.717, 1.165) is 5.56 Å². The number of rotatable bonds is 6. The minimum Gasteiger partial charge on any atom is -0.480 e. The third kappa shape index (κ3) is 4.34. The van der Waals surface area contributed by atoms with Crippen LogP contribution in [0.5, 0.6) is 0 Å². The number of amides is 2. The molecule has 0 unspecified atom stereocenters. The molecule has 30 heavy (non-hydrogen) atoms. The van der Waals surface area contributed by atoms with Gasteiger partial charge in [-0.3, -0.25) is 14.4 Å². The van der Waals surface area contributed by atoms with Gasteiger partial charge in [-0.2, -0.15) is 0 Å². The average Bonchev–Trinajstić information content (AvgIpc) is 2.74. The summed E-state index contributed by atoms with van der Waals surface area (Å²) in [7, 11) is 0. The first-order valence-corrected chi connectivity index (χ1v) is 10.6. The average molecular weight is 418 g/mol. The number of aliphatic hydroxyl groups excluding tert-OH is 1. The first-order chi connectivity index (χ1) is 14.3. The molecule has 0 aliphatic carbocycles. The third-order valence-corrected chi connectivity index (χ3v) is 6.41. The largest absolute Gasteiger partial charge is 0.480 e. The summed E-state index contributed by atoms with van der Waals surface area (Å²) in [4.78, 5) is 40.5. The number of likely N-dealkylation sites (tertiary alicyclic amines) is 2. The number of hydrogen-bond acceptors (Lipinski definition) is 5. The van der Waals surface area contributed by atoms with Crippen molar-refractivity contribution in [3.05, 3.63) is 35.9 Å². The van der Waals surface area contributed by atoms with Crippen LogP contribution in [0.4, 0.5) is 0 Å². The molecule has 1 aromatic rings. The molecule has 8 heteroatoms. The van der Waals surface area contributed by atoms with Gasteiger partial charge in [0.1, 0.15) is 6.04 Å². The zero-order valence-corrected chi connectivity index (χ0v) is 17.4. The minimum atomic E-state index is -1.13. The summed E-state index contributed by atoms with van der Waals surface area (Å²) >= 11 is 0. The smallest absolute Gasteiger partial charge is 0.320 e. The highest BCUT2D eigenvalue weighted by atomic mass is 16.4. The van der Waals surface area contributed by atoms with E-state index in [9.17, 15) is 19.5 Å². The lowest BCUT2D eigenvalue weighted by Gasteiger charge is -2.51. The number of aliphatic hydroxyl groups is 1. The van der Waals surface area contributed by atoms with Crippen LogP contribution in [0.15, 0.2) is 30.3 Å². The third-order valence-electron chi connectivity index (χ3n) is 6.41. The molecule has 4 N–H and O–H groups in total. The lowest BCUT2D eigenvalue weighted by atomic mass is 9.69. The lowest BCUT2D eigenvalue weighted by Crippen LogP contribution is -2.61. The molecule has 2 aliphatic rings. The van der Waals surface area contributed by atoms with E-state index >= 15 is 0 Å². The molecule has 1 aromatic carbocycles. The highest BCUT2D eigenvalue weighted by molar-refractivity contribution is 5.86. The molecule has 1 spiro atoms. The number of carboxylic acid groups (broad SMARTS) is 1. The van der Waals surface area contributed by atoms with E-state index in [0.29, 0.717) is 32.4 Å². The van der Waals surface area contributed by atoms with Crippen molar-refractivity contribution in [2.75, 3.05) is 19.6 Å². The number of likely N-dealkylation sites (N-methyl/N-ethyl adjacent to an activating group) is 1. The summed E-state index contributed by atoms with van der Waals surface area (Å²) in [6, 6.07) is 8.07. The molecule has 0 saturated carbocycles. The number of piperidine rings is 2. The molecule has 164 valence electrons. The monoisotopic (exact) mass is 417 g/mol. The topological polar surface area (TPSA) is 124 Å². The molecule has 0 aromatic heterocycles. The van der Waals surface area contributed by atoms with Crippen LogP contribution in [-0.2, 0) is 14.4 Å². The fourth-order valence-corrected chi connectivity index (χ4v) is 4.88.